The third kappa shape index (κ3) is 3.48. The van der Waals surface area contributed by atoms with Gasteiger partial charge in [-0.2, -0.15) is 0 Å². The van der Waals surface area contributed by atoms with Crippen molar-refractivity contribution < 1.29 is 17.9 Å². The number of aryl methyl sites for hydroxylation is 2. The van der Waals surface area contributed by atoms with Gasteiger partial charge in [-0.25, -0.2) is 13.2 Å². The average Bonchev–Trinajstić information content (AvgIpc) is 3.20. The van der Waals surface area contributed by atoms with Gasteiger partial charge in [0.15, 0.2) is 22.3 Å². The third-order valence-corrected chi connectivity index (χ3v) is 6.88. The molecule has 0 saturated carbocycles. The number of benzene rings is 2. The number of aromatic nitrogens is 4. The molecule has 9 nitrogen and oxygen atoms in total. The summed E-state index contributed by atoms with van der Waals surface area (Å²) in [4.78, 5) is 25.3. The number of rotatable bonds is 5. The molecule has 2 aromatic carbocycles. The number of sulfone groups is 1. The summed E-state index contributed by atoms with van der Waals surface area (Å²) < 4.78 is 33.0. The molecule has 2 heterocycles. The van der Waals surface area contributed by atoms with Crippen LogP contribution in [-0.2, 0) is 28.2 Å². The molecule has 2 aromatic heterocycles. The van der Waals surface area contributed by atoms with Crippen molar-refractivity contribution in [2.75, 3.05) is 5.75 Å². The number of esters is 1. The van der Waals surface area contributed by atoms with E-state index in [4.69, 9.17) is 4.74 Å². The third-order valence-electron chi connectivity index (χ3n) is 5.10. The molecule has 0 aliphatic rings. The summed E-state index contributed by atoms with van der Waals surface area (Å²) in [5.74, 6) is -0.301. The van der Waals surface area contributed by atoms with E-state index in [2.05, 4.69) is 10.2 Å². The molecule has 0 unspecified atom stereocenters. The molecule has 0 atom stereocenters. The molecular formula is C21H20N4O5S. The van der Waals surface area contributed by atoms with Crippen LogP contribution in [0.5, 0.6) is 0 Å². The number of hydrogen-bond acceptors (Lipinski definition) is 7. The summed E-state index contributed by atoms with van der Waals surface area (Å²) in [7, 11) is -2.00. The number of hydrogen-bond donors (Lipinski definition) is 0. The second kappa shape index (κ2) is 7.62. The summed E-state index contributed by atoms with van der Waals surface area (Å²) in [6.45, 7) is 3.15. The van der Waals surface area contributed by atoms with Crippen LogP contribution in [-0.4, -0.2) is 39.3 Å². The van der Waals surface area contributed by atoms with Gasteiger partial charge >= 0.3 is 5.97 Å². The molecular weight excluding hydrogens is 420 g/mol. The highest BCUT2D eigenvalue weighted by atomic mass is 32.2. The summed E-state index contributed by atoms with van der Waals surface area (Å²) >= 11 is 0. The van der Waals surface area contributed by atoms with Crippen molar-refractivity contribution in [3.63, 3.8) is 0 Å². The van der Waals surface area contributed by atoms with Gasteiger partial charge in [-0.1, -0.05) is 30.7 Å². The Morgan fingerprint density at radius 1 is 1.13 bits per heavy atom. The Kier molecular flexibility index (Phi) is 5.10. The zero-order chi connectivity index (χ0) is 22.3. The van der Waals surface area contributed by atoms with Gasteiger partial charge in [0, 0.05) is 7.05 Å². The molecule has 4 aromatic rings. The topological polar surface area (TPSA) is 113 Å². The number of fused-ring (bicyclic) bond motifs is 3. The lowest BCUT2D eigenvalue weighted by molar-refractivity contribution is 0.0457. The van der Waals surface area contributed by atoms with Gasteiger partial charge in [0.2, 0.25) is 5.78 Å². The van der Waals surface area contributed by atoms with E-state index in [1.165, 1.54) is 23.6 Å². The fraction of sp³-hybridized carbons (Fsp3) is 0.238. The van der Waals surface area contributed by atoms with Crippen LogP contribution >= 0.6 is 0 Å². The predicted octanol–water partition coefficient (Wildman–Crippen LogP) is 2.04. The summed E-state index contributed by atoms with van der Waals surface area (Å²) in [6.07, 6.45) is 0. The Labute approximate surface area is 177 Å². The molecule has 0 radical (unpaired) electrons. The second-order valence-electron chi connectivity index (χ2n) is 7.11. The molecule has 0 bridgehead atoms. The maximum absolute atomic E-state index is 12.7. The molecule has 0 amide bonds. The van der Waals surface area contributed by atoms with E-state index in [1.807, 2.05) is 13.0 Å². The van der Waals surface area contributed by atoms with Crippen LogP contribution in [0.25, 0.3) is 16.7 Å². The van der Waals surface area contributed by atoms with Gasteiger partial charge in [-0.15, -0.1) is 10.2 Å². The quantitative estimate of drug-likeness (QED) is 0.437. The minimum atomic E-state index is -3.60. The fourth-order valence-corrected chi connectivity index (χ4v) is 4.51. The van der Waals surface area contributed by atoms with E-state index in [0.717, 1.165) is 5.56 Å². The van der Waals surface area contributed by atoms with Crippen LogP contribution in [0.2, 0.25) is 0 Å². The zero-order valence-electron chi connectivity index (χ0n) is 17.2. The van der Waals surface area contributed by atoms with Crippen LogP contribution in [0, 0.1) is 6.92 Å². The zero-order valence-corrected chi connectivity index (χ0v) is 18.0. The molecule has 0 fully saturated rings. The van der Waals surface area contributed by atoms with Crippen LogP contribution in [0.15, 0.2) is 52.2 Å². The van der Waals surface area contributed by atoms with E-state index in [-0.39, 0.29) is 28.4 Å². The lowest BCUT2D eigenvalue weighted by atomic mass is 10.1. The van der Waals surface area contributed by atoms with E-state index < -0.39 is 15.8 Å². The van der Waals surface area contributed by atoms with Crippen molar-refractivity contribution in [2.45, 2.75) is 25.3 Å². The normalized spacial score (nSPS) is 11.8. The Bertz CT molecular complexity index is 1500. The van der Waals surface area contributed by atoms with Gasteiger partial charge in [-0.3, -0.25) is 13.8 Å². The second-order valence-corrected chi connectivity index (χ2v) is 9.36. The van der Waals surface area contributed by atoms with Crippen molar-refractivity contribution >= 4 is 32.5 Å². The van der Waals surface area contributed by atoms with Crippen molar-refractivity contribution in [2.24, 2.45) is 7.05 Å². The molecule has 0 spiro atoms. The highest BCUT2D eigenvalue weighted by molar-refractivity contribution is 7.91. The SMILES string of the molecule is CCS(=O)(=O)c1ccccc1C(=O)OCc1nnc2n(C)c(=O)c3cc(C)ccc3n12. The molecule has 0 saturated heterocycles. The van der Waals surface area contributed by atoms with Gasteiger partial charge in [-0.05, 0) is 31.2 Å². The smallest absolute Gasteiger partial charge is 0.339 e. The maximum atomic E-state index is 12.7. The molecule has 4 rings (SSSR count). The first-order valence-corrected chi connectivity index (χ1v) is 11.2. The van der Waals surface area contributed by atoms with Crippen LogP contribution in [0.3, 0.4) is 0 Å². The molecule has 0 aliphatic carbocycles. The predicted molar refractivity (Wildman–Crippen MR) is 114 cm³/mol. The first-order valence-electron chi connectivity index (χ1n) is 9.57. The van der Waals surface area contributed by atoms with E-state index >= 15 is 0 Å². The van der Waals surface area contributed by atoms with Gasteiger partial charge in [0.1, 0.15) is 0 Å². The van der Waals surface area contributed by atoms with Gasteiger partial charge < -0.3 is 4.74 Å². The van der Waals surface area contributed by atoms with Crippen molar-refractivity contribution in [3.05, 3.63) is 69.8 Å². The van der Waals surface area contributed by atoms with Crippen molar-refractivity contribution in [1.82, 2.24) is 19.2 Å². The number of carbonyl (C=O) groups excluding carboxylic acids is 1. The number of ether oxygens (including phenoxy) is 1. The highest BCUT2D eigenvalue weighted by Crippen LogP contribution is 2.20. The first kappa shape index (κ1) is 20.7. The lowest BCUT2D eigenvalue weighted by Gasteiger charge is -2.10. The summed E-state index contributed by atoms with van der Waals surface area (Å²) in [6, 6.07) is 11.4. The molecule has 0 N–H and O–H groups in total. The lowest BCUT2D eigenvalue weighted by Crippen LogP contribution is -2.21. The largest absolute Gasteiger partial charge is 0.454 e. The minimum Gasteiger partial charge on any atom is -0.454 e. The Hall–Kier alpha value is -3.53. The number of nitrogens with zero attached hydrogens (tertiary/aromatic N) is 4. The summed E-state index contributed by atoms with van der Waals surface area (Å²) in [5, 5.41) is 8.63. The Balaban J connectivity index is 1.74. The van der Waals surface area contributed by atoms with Gasteiger partial charge in [0.05, 0.1) is 27.1 Å². The fourth-order valence-electron chi connectivity index (χ4n) is 3.42. The van der Waals surface area contributed by atoms with E-state index in [9.17, 15) is 18.0 Å². The molecule has 31 heavy (non-hydrogen) atoms. The monoisotopic (exact) mass is 440 g/mol. The van der Waals surface area contributed by atoms with Gasteiger partial charge in [0.25, 0.3) is 5.56 Å². The van der Waals surface area contributed by atoms with Crippen LogP contribution < -0.4 is 5.56 Å². The van der Waals surface area contributed by atoms with E-state index in [1.54, 1.807) is 35.7 Å². The Morgan fingerprint density at radius 2 is 1.87 bits per heavy atom. The standard InChI is InChI=1S/C21H20N4O5S/c1-4-31(28,29)17-8-6-5-7-14(17)20(27)30-12-18-22-23-21-24(3)19(26)15-11-13(2)9-10-16(15)25(18)21/h5-11H,4,12H2,1-3H3. The minimum absolute atomic E-state index is 0.0361. The van der Waals surface area contributed by atoms with Crippen LogP contribution in [0.1, 0.15) is 28.7 Å². The first-order chi connectivity index (χ1) is 14.7. The van der Waals surface area contributed by atoms with Crippen molar-refractivity contribution in [1.29, 1.82) is 0 Å². The highest BCUT2D eigenvalue weighted by Gasteiger charge is 2.22. The Morgan fingerprint density at radius 3 is 2.61 bits per heavy atom. The molecule has 10 heteroatoms. The van der Waals surface area contributed by atoms with Crippen molar-refractivity contribution in [3.8, 4) is 0 Å². The molecule has 0 aliphatic heterocycles. The maximum Gasteiger partial charge on any atom is 0.339 e. The average molecular weight is 440 g/mol. The number of carbonyl (C=O) groups is 1. The van der Waals surface area contributed by atoms with E-state index in [0.29, 0.717) is 22.5 Å². The van der Waals surface area contributed by atoms with Crippen LogP contribution in [0.4, 0.5) is 0 Å². The molecule has 160 valence electrons. The summed E-state index contributed by atoms with van der Waals surface area (Å²) in [5.41, 5.74) is 1.28.